The third kappa shape index (κ3) is 4.04. The standard InChI is InChI=1S/C16H18F3N3O5S2/c1-11-15(12(2)27-20-11)29(25,26)22-8-6-21(7-9-22)28(23,24)14-5-3-4-13(10-14)16(17,18)19/h3-5,10H,6-9H2,1-2H3. The lowest BCUT2D eigenvalue weighted by Gasteiger charge is -2.33. The summed E-state index contributed by atoms with van der Waals surface area (Å²) in [4.78, 5) is -0.555. The average Bonchev–Trinajstić information content (AvgIpc) is 3.00. The van der Waals surface area contributed by atoms with E-state index in [0.717, 1.165) is 26.8 Å². The molecule has 1 aliphatic rings. The predicted octanol–water partition coefficient (Wildman–Crippen LogP) is 2.01. The Hall–Kier alpha value is -1.96. The average molecular weight is 453 g/mol. The number of hydrogen-bond donors (Lipinski definition) is 0. The van der Waals surface area contributed by atoms with Crippen molar-refractivity contribution in [3.05, 3.63) is 41.3 Å². The molecule has 1 aliphatic heterocycles. The molecule has 0 saturated carbocycles. The lowest BCUT2D eigenvalue weighted by Crippen LogP contribution is -2.50. The van der Waals surface area contributed by atoms with Gasteiger partial charge in [0.25, 0.3) is 0 Å². The van der Waals surface area contributed by atoms with Crippen LogP contribution in [0, 0.1) is 13.8 Å². The summed E-state index contributed by atoms with van der Waals surface area (Å²) < 4.78 is 96.7. The summed E-state index contributed by atoms with van der Waals surface area (Å²) in [7, 11) is -8.14. The van der Waals surface area contributed by atoms with Crippen LogP contribution in [0.15, 0.2) is 38.6 Å². The summed E-state index contributed by atoms with van der Waals surface area (Å²) in [5, 5.41) is 3.62. The van der Waals surface area contributed by atoms with Crippen LogP contribution in [0.3, 0.4) is 0 Å². The van der Waals surface area contributed by atoms with Crippen molar-refractivity contribution in [3.63, 3.8) is 0 Å². The number of nitrogens with zero attached hydrogens (tertiary/aromatic N) is 3. The molecule has 0 N–H and O–H groups in total. The van der Waals surface area contributed by atoms with Crippen LogP contribution in [0.2, 0.25) is 0 Å². The van der Waals surface area contributed by atoms with E-state index in [1.165, 1.54) is 13.8 Å². The Labute approximate surface area is 166 Å². The SMILES string of the molecule is Cc1noc(C)c1S(=O)(=O)N1CCN(S(=O)(=O)c2cccc(C(F)(F)F)c2)CC1. The van der Waals surface area contributed by atoms with Crippen molar-refractivity contribution in [1.82, 2.24) is 13.8 Å². The topological polar surface area (TPSA) is 101 Å². The van der Waals surface area contributed by atoms with Crippen LogP contribution < -0.4 is 0 Å². The van der Waals surface area contributed by atoms with E-state index in [0.29, 0.717) is 6.07 Å². The highest BCUT2D eigenvalue weighted by Crippen LogP contribution is 2.31. The third-order valence-electron chi connectivity index (χ3n) is 4.56. The molecule has 0 radical (unpaired) electrons. The van der Waals surface area contributed by atoms with E-state index in [9.17, 15) is 30.0 Å². The minimum absolute atomic E-state index is 0.0633. The van der Waals surface area contributed by atoms with Gasteiger partial charge in [-0.2, -0.15) is 21.8 Å². The van der Waals surface area contributed by atoms with Gasteiger partial charge in [-0.05, 0) is 32.0 Å². The Morgan fingerprint density at radius 3 is 2.00 bits per heavy atom. The number of sulfonamides is 2. The maximum Gasteiger partial charge on any atom is 0.416 e. The molecule has 1 aromatic carbocycles. The van der Waals surface area contributed by atoms with Crippen molar-refractivity contribution in [2.24, 2.45) is 0 Å². The molecule has 1 aromatic heterocycles. The van der Waals surface area contributed by atoms with Crippen LogP contribution in [0.4, 0.5) is 13.2 Å². The normalized spacial score (nSPS) is 17.6. The molecular formula is C16H18F3N3O5S2. The van der Waals surface area contributed by atoms with Gasteiger partial charge in [-0.15, -0.1) is 0 Å². The first-order valence-corrected chi connectivity index (χ1v) is 11.3. The highest BCUT2D eigenvalue weighted by atomic mass is 32.2. The van der Waals surface area contributed by atoms with Crippen molar-refractivity contribution in [1.29, 1.82) is 0 Å². The molecule has 1 saturated heterocycles. The maximum absolute atomic E-state index is 12.9. The number of halogens is 3. The second kappa shape index (κ2) is 7.38. The van der Waals surface area contributed by atoms with Gasteiger partial charge >= 0.3 is 6.18 Å². The minimum Gasteiger partial charge on any atom is -0.360 e. The van der Waals surface area contributed by atoms with Gasteiger partial charge in [0.2, 0.25) is 20.0 Å². The van der Waals surface area contributed by atoms with Gasteiger partial charge in [0.05, 0.1) is 10.5 Å². The molecule has 0 amide bonds. The van der Waals surface area contributed by atoms with Gasteiger partial charge in [0, 0.05) is 26.2 Å². The third-order valence-corrected chi connectivity index (χ3v) is 8.60. The lowest BCUT2D eigenvalue weighted by atomic mass is 10.2. The second-order valence-corrected chi connectivity index (χ2v) is 10.3. The maximum atomic E-state index is 12.9. The fourth-order valence-electron chi connectivity index (χ4n) is 3.10. The van der Waals surface area contributed by atoms with Gasteiger partial charge in [-0.25, -0.2) is 16.8 Å². The molecule has 29 heavy (non-hydrogen) atoms. The minimum atomic E-state index is -4.67. The van der Waals surface area contributed by atoms with E-state index in [2.05, 4.69) is 5.16 Å². The van der Waals surface area contributed by atoms with E-state index in [4.69, 9.17) is 4.52 Å². The molecule has 0 spiro atoms. The zero-order valence-corrected chi connectivity index (χ0v) is 17.1. The number of benzene rings is 1. The van der Waals surface area contributed by atoms with Crippen molar-refractivity contribution >= 4 is 20.0 Å². The van der Waals surface area contributed by atoms with E-state index in [-0.39, 0.29) is 42.5 Å². The fourth-order valence-corrected chi connectivity index (χ4v) is 6.29. The Morgan fingerprint density at radius 1 is 0.966 bits per heavy atom. The first-order valence-electron chi connectivity index (χ1n) is 8.45. The first-order chi connectivity index (χ1) is 13.3. The summed E-state index contributed by atoms with van der Waals surface area (Å²) in [6.07, 6.45) is -4.67. The van der Waals surface area contributed by atoms with E-state index >= 15 is 0 Å². The number of rotatable bonds is 4. The molecule has 3 rings (SSSR count). The summed E-state index contributed by atoms with van der Waals surface area (Å²) in [6, 6.07) is 3.46. The number of hydrogen-bond acceptors (Lipinski definition) is 6. The summed E-state index contributed by atoms with van der Waals surface area (Å²) in [5.74, 6) is 0.126. The molecule has 8 nitrogen and oxygen atoms in total. The number of aryl methyl sites for hydroxylation is 2. The number of alkyl halides is 3. The van der Waals surface area contributed by atoms with Crippen LogP contribution in [0.1, 0.15) is 17.0 Å². The number of piperazine rings is 1. The zero-order valence-electron chi connectivity index (χ0n) is 15.5. The molecule has 13 heteroatoms. The molecule has 0 aliphatic carbocycles. The zero-order chi connectivity index (χ0) is 21.6. The summed E-state index contributed by atoms with van der Waals surface area (Å²) in [5.41, 5.74) is -0.875. The lowest BCUT2D eigenvalue weighted by molar-refractivity contribution is -0.137. The molecule has 2 aromatic rings. The van der Waals surface area contributed by atoms with Gasteiger partial charge in [0.1, 0.15) is 10.6 Å². The highest BCUT2D eigenvalue weighted by Gasteiger charge is 2.37. The first kappa shape index (κ1) is 21.7. The van der Waals surface area contributed by atoms with Crippen LogP contribution in [-0.4, -0.2) is 56.8 Å². The Kier molecular flexibility index (Phi) is 5.53. The Balaban J connectivity index is 1.80. The molecule has 0 unspecified atom stereocenters. The van der Waals surface area contributed by atoms with E-state index in [1.807, 2.05) is 0 Å². The fraction of sp³-hybridized carbons (Fsp3) is 0.438. The summed E-state index contributed by atoms with van der Waals surface area (Å²) in [6.45, 7) is 2.26. The van der Waals surface area contributed by atoms with Crippen LogP contribution in [0.5, 0.6) is 0 Å². The monoisotopic (exact) mass is 453 g/mol. The molecule has 0 bridgehead atoms. The van der Waals surface area contributed by atoms with Crippen LogP contribution in [-0.2, 0) is 26.2 Å². The Bertz CT molecular complexity index is 1100. The van der Waals surface area contributed by atoms with Gasteiger partial charge in [0.15, 0.2) is 5.76 Å². The molecule has 1 fully saturated rings. The molecule has 2 heterocycles. The smallest absolute Gasteiger partial charge is 0.360 e. The Morgan fingerprint density at radius 2 is 1.52 bits per heavy atom. The van der Waals surface area contributed by atoms with Gasteiger partial charge in [-0.1, -0.05) is 11.2 Å². The van der Waals surface area contributed by atoms with Crippen LogP contribution in [0.25, 0.3) is 0 Å². The van der Waals surface area contributed by atoms with Gasteiger partial charge in [-0.3, -0.25) is 0 Å². The summed E-state index contributed by atoms with van der Waals surface area (Å²) >= 11 is 0. The van der Waals surface area contributed by atoms with E-state index < -0.39 is 36.7 Å². The quantitative estimate of drug-likeness (QED) is 0.702. The van der Waals surface area contributed by atoms with Crippen LogP contribution >= 0.6 is 0 Å². The predicted molar refractivity (Wildman–Crippen MR) is 94.9 cm³/mol. The highest BCUT2D eigenvalue weighted by molar-refractivity contribution is 7.89. The van der Waals surface area contributed by atoms with Gasteiger partial charge < -0.3 is 4.52 Å². The van der Waals surface area contributed by atoms with Crippen molar-refractivity contribution in [2.45, 2.75) is 29.8 Å². The molecule has 0 atom stereocenters. The van der Waals surface area contributed by atoms with E-state index in [1.54, 1.807) is 0 Å². The largest absolute Gasteiger partial charge is 0.416 e. The molecule has 160 valence electrons. The van der Waals surface area contributed by atoms with Crippen molar-refractivity contribution in [3.8, 4) is 0 Å². The number of aromatic nitrogens is 1. The molecular weight excluding hydrogens is 435 g/mol. The van der Waals surface area contributed by atoms with Crippen molar-refractivity contribution in [2.75, 3.05) is 26.2 Å². The second-order valence-electron chi connectivity index (χ2n) is 6.49. The van der Waals surface area contributed by atoms with Crippen molar-refractivity contribution < 1.29 is 34.5 Å².